The summed E-state index contributed by atoms with van der Waals surface area (Å²) in [4.78, 5) is 11.8. The lowest BCUT2D eigenvalue weighted by molar-refractivity contribution is 0.706. The van der Waals surface area contributed by atoms with E-state index in [0.29, 0.717) is 11.6 Å². The molecule has 0 saturated heterocycles. The summed E-state index contributed by atoms with van der Waals surface area (Å²) in [6.07, 6.45) is 2.07. The molecule has 1 heterocycles. The Morgan fingerprint density at radius 1 is 1.44 bits per heavy atom. The molecule has 16 heavy (non-hydrogen) atoms. The number of aromatic nitrogens is 3. The fourth-order valence-corrected chi connectivity index (χ4v) is 1.27. The van der Waals surface area contributed by atoms with Crippen molar-refractivity contribution >= 4 is 5.95 Å². The second-order valence-corrected chi connectivity index (χ2v) is 4.02. The zero-order chi connectivity index (χ0) is 12.1. The third kappa shape index (κ3) is 2.71. The minimum absolute atomic E-state index is 0.0273. The third-order valence-electron chi connectivity index (χ3n) is 2.28. The van der Waals surface area contributed by atoms with Crippen molar-refractivity contribution in [3.05, 3.63) is 16.0 Å². The Morgan fingerprint density at radius 2 is 2.12 bits per heavy atom. The maximum absolute atomic E-state index is 11.8. The van der Waals surface area contributed by atoms with Crippen molar-refractivity contribution < 1.29 is 0 Å². The van der Waals surface area contributed by atoms with Crippen molar-refractivity contribution in [2.75, 3.05) is 17.7 Å². The molecule has 90 valence electrons. The predicted molar refractivity (Wildman–Crippen MR) is 63.9 cm³/mol. The van der Waals surface area contributed by atoms with Crippen molar-refractivity contribution in [3.63, 3.8) is 0 Å². The van der Waals surface area contributed by atoms with Gasteiger partial charge in [-0.05, 0) is 6.42 Å². The average Bonchev–Trinajstić information content (AvgIpc) is 2.24. The number of rotatable bonds is 5. The molecule has 6 nitrogen and oxygen atoms in total. The lowest BCUT2D eigenvalue weighted by Crippen LogP contribution is -2.35. The van der Waals surface area contributed by atoms with Crippen LogP contribution in [0.5, 0.6) is 0 Å². The highest BCUT2D eigenvalue weighted by Gasteiger charge is 2.12. The van der Waals surface area contributed by atoms with Gasteiger partial charge in [0.25, 0.3) is 5.56 Å². The van der Waals surface area contributed by atoms with Gasteiger partial charge in [-0.3, -0.25) is 4.79 Å². The summed E-state index contributed by atoms with van der Waals surface area (Å²) in [7, 11) is 0. The molecule has 0 radical (unpaired) electrons. The highest BCUT2D eigenvalue weighted by molar-refractivity contribution is 5.24. The molecule has 0 fully saturated rings. The maximum atomic E-state index is 11.8. The number of nitrogens with one attached hydrogen (secondary N) is 1. The van der Waals surface area contributed by atoms with Crippen molar-refractivity contribution in [2.24, 2.45) is 0 Å². The van der Waals surface area contributed by atoms with Crippen LogP contribution >= 0.6 is 0 Å². The number of anilines is 1. The molecule has 0 atom stereocenters. The molecule has 6 heteroatoms. The lowest BCUT2D eigenvalue weighted by Gasteiger charge is -2.10. The van der Waals surface area contributed by atoms with Crippen molar-refractivity contribution in [1.82, 2.24) is 14.9 Å². The molecule has 0 bridgehead atoms. The number of unbranched alkanes of at least 4 members (excludes halogenated alkanes) is 1. The Balaban J connectivity index is 2.90. The van der Waals surface area contributed by atoms with Gasteiger partial charge in [0, 0.05) is 12.5 Å². The second-order valence-electron chi connectivity index (χ2n) is 4.02. The van der Waals surface area contributed by atoms with Gasteiger partial charge in [0.15, 0.2) is 0 Å². The van der Waals surface area contributed by atoms with Crippen LogP contribution in [0.3, 0.4) is 0 Å². The Labute approximate surface area is 94.8 Å². The Bertz CT molecular complexity index is 399. The number of nitrogen functional groups attached to an aromatic ring is 1. The predicted octanol–water partition coefficient (Wildman–Crippen LogP) is 0.687. The molecule has 1 aromatic heterocycles. The first-order valence-electron chi connectivity index (χ1n) is 5.56. The molecule has 0 unspecified atom stereocenters. The van der Waals surface area contributed by atoms with Crippen molar-refractivity contribution in [1.29, 1.82) is 0 Å². The van der Waals surface area contributed by atoms with Crippen LogP contribution < -0.4 is 16.7 Å². The molecule has 0 spiro atoms. The highest BCUT2D eigenvalue weighted by atomic mass is 16.1. The Morgan fingerprint density at radius 3 is 2.69 bits per heavy atom. The Hall–Kier alpha value is -1.59. The molecular formula is C10H19N5O. The molecular weight excluding hydrogens is 206 g/mol. The zero-order valence-electron chi connectivity index (χ0n) is 10.0. The molecule has 0 aliphatic rings. The minimum Gasteiger partial charge on any atom is -0.353 e. The number of nitrogens with zero attached hydrogens (tertiary/aromatic N) is 3. The van der Waals surface area contributed by atoms with Crippen LogP contribution in [0.2, 0.25) is 0 Å². The fourth-order valence-electron chi connectivity index (χ4n) is 1.27. The summed E-state index contributed by atoms with van der Waals surface area (Å²) in [6, 6.07) is 0. The number of nitrogens with two attached hydrogens (primary N) is 1. The molecule has 0 aliphatic heterocycles. The van der Waals surface area contributed by atoms with E-state index in [1.807, 2.05) is 13.8 Å². The van der Waals surface area contributed by atoms with Crippen LogP contribution in [-0.4, -0.2) is 21.4 Å². The van der Waals surface area contributed by atoms with Crippen LogP contribution in [0, 0.1) is 0 Å². The van der Waals surface area contributed by atoms with Gasteiger partial charge >= 0.3 is 0 Å². The first-order valence-corrected chi connectivity index (χ1v) is 5.56. The normalized spacial score (nSPS) is 10.8. The van der Waals surface area contributed by atoms with E-state index in [4.69, 9.17) is 5.84 Å². The molecule has 0 amide bonds. The van der Waals surface area contributed by atoms with E-state index in [1.54, 1.807) is 0 Å². The second kappa shape index (κ2) is 5.48. The van der Waals surface area contributed by atoms with Crippen LogP contribution in [0.1, 0.15) is 45.2 Å². The molecule has 0 aromatic carbocycles. The third-order valence-corrected chi connectivity index (χ3v) is 2.28. The minimum atomic E-state index is -0.288. The van der Waals surface area contributed by atoms with E-state index >= 15 is 0 Å². The van der Waals surface area contributed by atoms with Crippen LogP contribution in [0.25, 0.3) is 0 Å². The van der Waals surface area contributed by atoms with Gasteiger partial charge in [0.1, 0.15) is 5.69 Å². The zero-order valence-corrected chi connectivity index (χ0v) is 10.0. The van der Waals surface area contributed by atoms with Gasteiger partial charge in [0.2, 0.25) is 5.95 Å². The molecule has 3 N–H and O–H groups in total. The van der Waals surface area contributed by atoms with Crippen LogP contribution in [0.15, 0.2) is 4.79 Å². The molecule has 0 saturated carbocycles. The van der Waals surface area contributed by atoms with E-state index in [9.17, 15) is 4.79 Å². The number of hydrogen-bond acceptors (Lipinski definition) is 5. The highest BCUT2D eigenvalue weighted by Crippen LogP contribution is 2.05. The first kappa shape index (κ1) is 12.5. The average molecular weight is 225 g/mol. The molecule has 1 rings (SSSR count). The number of hydrogen-bond donors (Lipinski definition) is 2. The summed E-state index contributed by atoms with van der Waals surface area (Å²) in [6.45, 7) is 6.60. The summed E-state index contributed by atoms with van der Waals surface area (Å²) < 4.78 is 1.03. The van der Waals surface area contributed by atoms with Crippen LogP contribution in [-0.2, 0) is 0 Å². The summed E-state index contributed by atoms with van der Waals surface area (Å²) in [5.41, 5.74) is 0.104. The van der Waals surface area contributed by atoms with Crippen LogP contribution in [0.4, 0.5) is 5.95 Å². The molecule has 0 aliphatic carbocycles. The van der Waals surface area contributed by atoms with E-state index in [2.05, 4.69) is 22.4 Å². The monoisotopic (exact) mass is 225 g/mol. The standard InChI is InChI=1S/C10H19N5O/c1-4-5-6-12-10-14-13-8(7(2)3)9(16)15(10)11/h7H,4-6,11H2,1-3H3,(H,12,14). The van der Waals surface area contributed by atoms with Crippen molar-refractivity contribution in [2.45, 2.75) is 39.5 Å². The summed E-state index contributed by atoms with van der Waals surface area (Å²) in [5, 5.41) is 10.8. The Kier molecular flexibility index (Phi) is 4.28. The quantitative estimate of drug-likeness (QED) is 0.568. The summed E-state index contributed by atoms with van der Waals surface area (Å²) >= 11 is 0. The van der Waals surface area contributed by atoms with Gasteiger partial charge in [-0.1, -0.05) is 27.2 Å². The van der Waals surface area contributed by atoms with E-state index in [-0.39, 0.29) is 11.5 Å². The lowest BCUT2D eigenvalue weighted by atomic mass is 10.1. The topological polar surface area (TPSA) is 85.8 Å². The largest absolute Gasteiger partial charge is 0.353 e. The van der Waals surface area contributed by atoms with Crippen molar-refractivity contribution in [3.8, 4) is 0 Å². The van der Waals surface area contributed by atoms with Gasteiger partial charge in [-0.25, -0.2) is 0 Å². The van der Waals surface area contributed by atoms with Gasteiger partial charge in [-0.15, -0.1) is 10.2 Å². The smallest absolute Gasteiger partial charge is 0.295 e. The van der Waals surface area contributed by atoms with Gasteiger partial charge in [0.05, 0.1) is 0 Å². The fraction of sp³-hybridized carbons (Fsp3) is 0.700. The molecule has 1 aromatic rings. The van der Waals surface area contributed by atoms with E-state index < -0.39 is 0 Å². The van der Waals surface area contributed by atoms with Gasteiger partial charge < -0.3 is 11.2 Å². The summed E-state index contributed by atoms with van der Waals surface area (Å²) in [5.74, 6) is 5.99. The SMILES string of the molecule is CCCCNc1nnc(C(C)C)c(=O)n1N. The first-order chi connectivity index (χ1) is 7.57. The van der Waals surface area contributed by atoms with Gasteiger partial charge in [-0.2, -0.15) is 4.68 Å². The van der Waals surface area contributed by atoms with E-state index in [1.165, 1.54) is 0 Å². The van der Waals surface area contributed by atoms with E-state index in [0.717, 1.165) is 24.1 Å². The maximum Gasteiger partial charge on any atom is 0.295 e.